The van der Waals surface area contributed by atoms with Crippen molar-refractivity contribution in [3.05, 3.63) is 35.9 Å². The molecule has 0 radical (unpaired) electrons. The Morgan fingerprint density at radius 2 is 2.00 bits per heavy atom. The van der Waals surface area contributed by atoms with Crippen LogP contribution in [-0.4, -0.2) is 58.9 Å². The molecule has 0 bridgehead atoms. The van der Waals surface area contributed by atoms with E-state index in [-0.39, 0.29) is 17.5 Å². The van der Waals surface area contributed by atoms with E-state index in [0.717, 1.165) is 38.4 Å². The highest BCUT2D eigenvalue weighted by molar-refractivity contribution is 7.98. The molecule has 1 saturated heterocycles. The number of nitrogens with zero attached hydrogens (tertiary/aromatic N) is 2. The zero-order chi connectivity index (χ0) is 16.9. The van der Waals surface area contributed by atoms with Crippen LogP contribution in [0.3, 0.4) is 0 Å². The number of benzene rings is 1. The molecule has 1 aromatic rings. The van der Waals surface area contributed by atoms with Gasteiger partial charge in [0.15, 0.2) is 0 Å². The number of hydrogen-bond acceptors (Lipinski definition) is 4. The molecule has 1 amide bonds. The number of thioether (sulfide) groups is 1. The maximum Gasteiger partial charge on any atom is 0.239 e. The van der Waals surface area contributed by atoms with Gasteiger partial charge in [0.05, 0.1) is 6.04 Å². The van der Waals surface area contributed by atoms with Gasteiger partial charge in [0, 0.05) is 31.7 Å². The third kappa shape index (κ3) is 4.96. The van der Waals surface area contributed by atoms with E-state index in [4.69, 9.17) is 5.73 Å². The van der Waals surface area contributed by atoms with Crippen molar-refractivity contribution < 1.29 is 4.79 Å². The molecular weight excluding hydrogens is 306 g/mol. The van der Waals surface area contributed by atoms with Crippen molar-refractivity contribution in [2.75, 3.05) is 31.6 Å². The van der Waals surface area contributed by atoms with Crippen molar-refractivity contribution in [1.82, 2.24) is 9.80 Å². The van der Waals surface area contributed by atoms with Gasteiger partial charge in [-0.1, -0.05) is 30.3 Å². The van der Waals surface area contributed by atoms with Crippen molar-refractivity contribution >= 4 is 17.7 Å². The van der Waals surface area contributed by atoms with Gasteiger partial charge in [-0.25, -0.2) is 0 Å². The van der Waals surface area contributed by atoms with Crippen molar-refractivity contribution in [2.45, 2.75) is 38.4 Å². The van der Waals surface area contributed by atoms with Gasteiger partial charge >= 0.3 is 0 Å². The highest BCUT2D eigenvalue weighted by Crippen LogP contribution is 2.24. The number of rotatable bonds is 6. The summed E-state index contributed by atoms with van der Waals surface area (Å²) in [5.41, 5.74) is 7.34. The number of carbonyl (C=O) groups is 1. The first kappa shape index (κ1) is 18.3. The predicted octanol–water partition coefficient (Wildman–Crippen LogP) is 2.19. The van der Waals surface area contributed by atoms with Crippen LogP contribution in [0, 0.1) is 0 Å². The first-order valence-electron chi connectivity index (χ1n) is 8.26. The third-order valence-electron chi connectivity index (χ3n) is 4.55. The van der Waals surface area contributed by atoms with E-state index in [9.17, 15) is 4.79 Å². The molecular formula is C18H29N3OS. The van der Waals surface area contributed by atoms with E-state index in [1.165, 1.54) is 5.56 Å². The summed E-state index contributed by atoms with van der Waals surface area (Å²) in [5, 5.41) is 0. The van der Waals surface area contributed by atoms with E-state index >= 15 is 0 Å². The minimum atomic E-state index is -0.362. The summed E-state index contributed by atoms with van der Waals surface area (Å²) in [5.74, 6) is 1.04. The second-order valence-electron chi connectivity index (χ2n) is 6.87. The SMILES string of the molecule is CSCC[C@H](N)C(=O)N1CCN(Cc2ccccc2)C(C)(C)C1. The lowest BCUT2D eigenvalue weighted by Crippen LogP contribution is -2.61. The van der Waals surface area contributed by atoms with E-state index in [2.05, 4.69) is 43.0 Å². The van der Waals surface area contributed by atoms with Crippen LogP contribution in [0.2, 0.25) is 0 Å². The van der Waals surface area contributed by atoms with Crippen LogP contribution in [-0.2, 0) is 11.3 Å². The van der Waals surface area contributed by atoms with Crippen molar-refractivity contribution in [3.8, 4) is 0 Å². The lowest BCUT2D eigenvalue weighted by molar-refractivity contribution is -0.137. The maximum absolute atomic E-state index is 12.5. The summed E-state index contributed by atoms with van der Waals surface area (Å²) in [4.78, 5) is 16.9. The number of carbonyl (C=O) groups excluding carboxylic acids is 1. The largest absolute Gasteiger partial charge is 0.338 e. The molecule has 23 heavy (non-hydrogen) atoms. The second kappa shape index (κ2) is 8.18. The fourth-order valence-electron chi connectivity index (χ4n) is 3.08. The quantitative estimate of drug-likeness (QED) is 0.866. The number of nitrogens with two attached hydrogens (primary N) is 1. The summed E-state index contributed by atoms with van der Waals surface area (Å²) in [7, 11) is 0. The van der Waals surface area contributed by atoms with Gasteiger partial charge in [0.1, 0.15) is 0 Å². The average Bonchev–Trinajstić information content (AvgIpc) is 2.54. The zero-order valence-electron chi connectivity index (χ0n) is 14.5. The molecule has 1 heterocycles. The van der Waals surface area contributed by atoms with Crippen LogP contribution in [0.5, 0.6) is 0 Å². The Balaban J connectivity index is 1.95. The van der Waals surface area contributed by atoms with Gasteiger partial charge in [0.2, 0.25) is 5.91 Å². The Kier molecular flexibility index (Phi) is 6.50. The molecule has 1 atom stereocenters. The summed E-state index contributed by atoms with van der Waals surface area (Å²) < 4.78 is 0. The standard InChI is InChI=1S/C18H29N3OS/c1-18(2)14-20(17(22)16(19)9-12-23-3)10-11-21(18)13-15-7-5-4-6-8-15/h4-8,16H,9-14,19H2,1-3H3/t16-/m0/s1. The first-order valence-corrected chi connectivity index (χ1v) is 9.66. The lowest BCUT2D eigenvalue weighted by Gasteiger charge is -2.47. The fraction of sp³-hybridized carbons (Fsp3) is 0.611. The minimum absolute atomic E-state index is 0.0387. The Hall–Kier alpha value is -1.04. The van der Waals surface area contributed by atoms with Crippen LogP contribution < -0.4 is 5.73 Å². The average molecular weight is 336 g/mol. The van der Waals surface area contributed by atoms with Crippen molar-refractivity contribution in [3.63, 3.8) is 0 Å². The van der Waals surface area contributed by atoms with E-state index in [1.807, 2.05) is 17.2 Å². The topological polar surface area (TPSA) is 49.6 Å². The van der Waals surface area contributed by atoms with Crippen LogP contribution in [0.1, 0.15) is 25.8 Å². The molecule has 0 unspecified atom stereocenters. The molecule has 128 valence electrons. The molecule has 1 aliphatic heterocycles. The number of hydrogen-bond donors (Lipinski definition) is 1. The van der Waals surface area contributed by atoms with E-state index in [0.29, 0.717) is 0 Å². The summed E-state index contributed by atoms with van der Waals surface area (Å²) in [6.45, 7) is 7.75. The molecule has 1 aromatic carbocycles. The Labute approximate surface area is 144 Å². The van der Waals surface area contributed by atoms with Gasteiger partial charge in [0.25, 0.3) is 0 Å². The van der Waals surface area contributed by atoms with Crippen molar-refractivity contribution in [2.24, 2.45) is 5.73 Å². The van der Waals surface area contributed by atoms with E-state index < -0.39 is 0 Å². The van der Waals surface area contributed by atoms with Gasteiger partial charge < -0.3 is 10.6 Å². The van der Waals surface area contributed by atoms with E-state index in [1.54, 1.807) is 11.8 Å². The monoisotopic (exact) mass is 335 g/mol. The second-order valence-corrected chi connectivity index (χ2v) is 7.85. The number of amides is 1. The smallest absolute Gasteiger partial charge is 0.239 e. The Bertz CT molecular complexity index is 506. The molecule has 1 fully saturated rings. The van der Waals surface area contributed by atoms with Crippen LogP contribution in [0.25, 0.3) is 0 Å². The molecule has 2 rings (SSSR count). The van der Waals surface area contributed by atoms with Gasteiger partial charge in [-0.2, -0.15) is 11.8 Å². The Morgan fingerprint density at radius 3 is 2.61 bits per heavy atom. The predicted molar refractivity (Wildman–Crippen MR) is 98.5 cm³/mol. The van der Waals surface area contributed by atoms with Crippen LogP contribution in [0.4, 0.5) is 0 Å². The molecule has 0 saturated carbocycles. The molecule has 4 nitrogen and oxygen atoms in total. The zero-order valence-corrected chi connectivity index (χ0v) is 15.3. The molecule has 0 aromatic heterocycles. The fourth-order valence-corrected chi connectivity index (χ4v) is 3.57. The first-order chi connectivity index (χ1) is 10.9. The van der Waals surface area contributed by atoms with Crippen molar-refractivity contribution in [1.29, 1.82) is 0 Å². The number of piperazine rings is 1. The summed E-state index contributed by atoms with van der Waals surface area (Å²) in [6.07, 6.45) is 2.80. The van der Waals surface area contributed by atoms with Gasteiger partial charge in [-0.15, -0.1) is 0 Å². The lowest BCUT2D eigenvalue weighted by atomic mass is 9.97. The molecule has 2 N–H and O–H groups in total. The molecule has 1 aliphatic rings. The Morgan fingerprint density at radius 1 is 1.30 bits per heavy atom. The third-order valence-corrected chi connectivity index (χ3v) is 5.20. The highest BCUT2D eigenvalue weighted by Gasteiger charge is 2.36. The minimum Gasteiger partial charge on any atom is -0.338 e. The van der Waals surface area contributed by atoms with Gasteiger partial charge in [-0.05, 0) is 37.8 Å². The van der Waals surface area contributed by atoms with Crippen LogP contribution >= 0.6 is 11.8 Å². The molecule has 5 heteroatoms. The maximum atomic E-state index is 12.5. The molecule has 0 aliphatic carbocycles. The summed E-state index contributed by atoms with van der Waals surface area (Å²) >= 11 is 1.74. The van der Waals surface area contributed by atoms with Gasteiger partial charge in [-0.3, -0.25) is 9.69 Å². The highest BCUT2D eigenvalue weighted by atomic mass is 32.2. The summed E-state index contributed by atoms with van der Waals surface area (Å²) in [6, 6.07) is 10.2. The molecule has 0 spiro atoms. The normalized spacial score (nSPS) is 19.6. The van der Waals surface area contributed by atoms with Crippen LogP contribution in [0.15, 0.2) is 30.3 Å².